The van der Waals surface area contributed by atoms with Crippen molar-refractivity contribution in [2.75, 3.05) is 0 Å². The Morgan fingerprint density at radius 1 is 1.56 bits per heavy atom. The van der Waals surface area contributed by atoms with Crippen LogP contribution in [0.15, 0.2) is 40.7 Å². The van der Waals surface area contributed by atoms with Gasteiger partial charge in [0.05, 0.1) is 6.26 Å². The summed E-state index contributed by atoms with van der Waals surface area (Å²) in [6.07, 6.45) is 1.57. The van der Waals surface area contributed by atoms with E-state index < -0.39 is 14.2 Å². The highest BCUT2D eigenvalue weighted by atomic mass is 28.3. The molecular weight excluding hydrogens is 216 g/mol. The molecule has 1 aromatic heterocycles. The van der Waals surface area contributed by atoms with Crippen molar-refractivity contribution in [1.82, 2.24) is 0 Å². The molecule has 88 valence electrons. The zero-order valence-corrected chi connectivity index (χ0v) is 11.3. The fraction of sp³-hybridized carbons (Fsp3) is 0.462. The Balaban J connectivity index is 2.62. The molecule has 1 heterocycles. The lowest BCUT2D eigenvalue weighted by atomic mass is 10.1. The van der Waals surface area contributed by atoms with E-state index in [-0.39, 0.29) is 0 Å². The van der Waals surface area contributed by atoms with Crippen molar-refractivity contribution in [3.63, 3.8) is 0 Å². The average molecular weight is 236 g/mol. The molecule has 1 rings (SSSR count). The number of hydrogen-bond donors (Lipinski definition) is 1. The maximum atomic E-state index is 9.94. The third-order valence-electron chi connectivity index (χ3n) is 2.31. The number of furan rings is 1. The van der Waals surface area contributed by atoms with Crippen molar-refractivity contribution in [3.05, 3.63) is 42.0 Å². The van der Waals surface area contributed by atoms with E-state index >= 15 is 0 Å². The van der Waals surface area contributed by atoms with E-state index in [1.165, 1.54) is 0 Å². The van der Waals surface area contributed by atoms with E-state index in [4.69, 9.17) is 4.42 Å². The fourth-order valence-electron chi connectivity index (χ4n) is 1.66. The van der Waals surface area contributed by atoms with E-state index in [0.29, 0.717) is 12.2 Å². The van der Waals surface area contributed by atoms with Crippen LogP contribution >= 0.6 is 0 Å². The third-order valence-corrected chi connectivity index (χ3v) is 3.79. The van der Waals surface area contributed by atoms with Gasteiger partial charge in [0.2, 0.25) is 0 Å². The van der Waals surface area contributed by atoms with Gasteiger partial charge in [-0.25, -0.2) is 0 Å². The third kappa shape index (κ3) is 4.23. The summed E-state index contributed by atoms with van der Waals surface area (Å²) in [4.78, 5) is 0. The summed E-state index contributed by atoms with van der Waals surface area (Å²) >= 11 is 0. The Bertz CT molecular complexity index is 367. The van der Waals surface area contributed by atoms with Crippen molar-refractivity contribution < 1.29 is 9.52 Å². The molecule has 1 atom stereocenters. The van der Waals surface area contributed by atoms with Crippen LogP contribution in [0.1, 0.15) is 18.3 Å². The largest absolute Gasteiger partial charge is 0.467 e. The highest BCUT2D eigenvalue weighted by Gasteiger charge is 2.19. The maximum Gasteiger partial charge on any atom is 0.132 e. The molecule has 0 bridgehead atoms. The Morgan fingerprint density at radius 2 is 2.25 bits per heavy atom. The first kappa shape index (κ1) is 13.0. The molecule has 1 aromatic rings. The first-order valence-corrected chi connectivity index (χ1v) is 9.22. The van der Waals surface area contributed by atoms with Crippen LogP contribution in [0.4, 0.5) is 0 Å². The Kier molecular flexibility index (Phi) is 4.36. The molecule has 0 radical (unpaired) electrons. The van der Waals surface area contributed by atoms with Gasteiger partial charge in [-0.2, -0.15) is 0 Å². The van der Waals surface area contributed by atoms with Crippen LogP contribution in [0, 0.1) is 0 Å². The molecule has 16 heavy (non-hydrogen) atoms. The van der Waals surface area contributed by atoms with Gasteiger partial charge in [0.1, 0.15) is 11.9 Å². The van der Waals surface area contributed by atoms with Gasteiger partial charge in [-0.15, -0.1) is 5.73 Å². The van der Waals surface area contributed by atoms with Gasteiger partial charge in [0.15, 0.2) is 0 Å². The average Bonchev–Trinajstić information content (AvgIpc) is 2.67. The van der Waals surface area contributed by atoms with Gasteiger partial charge in [0, 0.05) is 14.5 Å². The maximum absolute atomic E-state index is 9.94. The van der Waals surface area contributed by atoms with Crippen LogP contribution in [0.5, 0.6) is 0 Å². The molecule has 0 fully saturated rings. The first-order chi connectivity index (χ1) is 7.42. The van der Waals surface area contributed by atoms with Gasteiger partial charge in [-0.05, 0) is 23.7 Å². The number of rotatable bonds is 5. The molecule has 0 saturated heterocycles. The highest BCUT2D eigenvalue weighted by molar-refractivity contribution is 6.76. The van der Waals surface area contributed by atoms with Crippen molar-refractivity contribution >= 4 is 8.07 Å². The molecule has 0 aliphatic heterocycles. The van der Waals surface area contributed by atoms with Crippen molar-refractivity contribution in [1.29, 1.82) is 0 Å². The van der Waals surface area contributed by atoms with Gasteiger partial charge in [-0.1, -0.05) is 26.2 Å². The van der Waals surface area contributed by atoms with Gasteiger partial charge >= 0.3 is 0 Å². The van der Waals surface area contributed by atoms with Crippen molar-refractivity contribution in [3.8, 4) is 0 Å². The van der Waals surface area contributed by atoms with E-state index in [0.717, 1.165) is 11.6 Å². The summed E-state index contributed by atoms with van der Waals surface area (Å²) in [6, 6.07) is 4.60. The summed E-state index contributed by atoms with van der Waals surface area (Å²) in [6.45, 7) is 10.6. The number of aliphatic hydroxyl groups is 1. The summed E-state index contributed by atoms with van der Waals surface area (Å²) in [5, 5.41) is 9.94. The lowest BCUT2D eigenvalue weighted by Crippen LogP contribution is -2.20. The molecular formula is C13H20O2Si. The number of aliphatic hydroxyl groups excluding tert-OH is 1. The number of hydrogen-bond acceptors (Lipinski definition) is 2. The smallest absolute Gasteiger partial charge is 0.132 e. The summed E-state index contributed by atoms with van der Waals surface area (Å²) in [5.74, 6) is 0.614. The second-order valence-corrected chi connectivity index (χ2v) is 10.7. The van der Waals surface area contributed by atoms with Crippen LogP contribution in [0.2, 0.25) is 25.7 Å². The molecule has 0 spiro atoms. The quantitative estimate of drug-likeness (QED) is 0.624. The first-order valence-electron chi connectivity index (χ1n) is 5.51. The molecule has 1 unspecified atom stereocenters. The lowest BCUT2D eigenvalue weighted by Gasteiger charge is -2.18. The lowest BCUT2D eigenvalue weighted by molar-refractivity contribution is 0.150. The standard InChI is InChI=1S/C13H20O2Si/c1-5-11(10-16(2,3)4)9-12(14)13-7-6-8-15-13/h6-8,12,14H,1,9-10H2,2-4H3. The Hall–Kier alpha value is -1.02. The topological polar surface area (TPSA) is 33.4 Å². The minimum absolute atomic E-state index is 0.571. The normalized spacial score (nSPS) is 13.2. The molecule has 0 amide bonds. The fourth-order valence-corrected chi connectivity index (χ4v) is 3.21. The Labute approximate surface area is 98.3 Å². The summed E-state index contributed by atoms with van der Waals surface area (Å²) in [5.41, 5.74) is 4.05. The predicted molar refractivity (Wildman–Crippen MR) is 69.1 cm³/mol. The Morgan fingerprint density at radius 3 is 2.69 bits per heavy atom. The zero-order valence-electron chi connectivity index (χ0n) is 10.3. The molecule has 1 N–H and O–H groups in total. The van der Waals surface area contributed by atoms with Gasteiger partial charge < -0.3 is 9.52 Å². The minimum Gasteiger partial charge on any atom is -0.467 e. The zero-order chi connectivity index (χ0) is 12.2. The second kappa shape index (κ2) is 5.35. The molecule has 0 saturated carbocycles. The van der Waals surface area contributed by atoms with Crippen molar-refractivity contribution in [2.24, 2.45) is 0 Å². The molecule has 0 aromatic carbocycles. The van der Waals surface area contributed by atoms with Crippen LogP contribution in [-0.4, -0.2) is 13.2 Å². The van der Waals surface area contributed by atoms with E-state index in [2.05, 4.69) is 32.0 Å². The highest BCUT2D eigenvalue weighted by Crippen LogP contribution is 2.26. The summed E-state index contributed by atoms with van der Waals surface area (Å²) < 4.78 is 5.17. The van der Waals surface area contributed by atoms with Crippen molar-refractivity contribution in [2.45, 2.75) is 38.2 Å². The van der Waals surface area contributed by atoms with Crippen LogP contribution in [-0.2, 0) is 0 Å². The molecule has 2 nitrogen and oxygen atoms in total. The minimum atomic E-state index is -1.17. The molecule has 0 aliphatic rings. The van der Waals surface area contributed by atoms with E-state index in [9.17, 15) is 5.11 Å². The van der Waals surface area contributed by atoms with Crippen LogP contribution in [0.3, 0.4) is 0 Å². The van der Waals surface area contributed by atoms with Crippen LogP contribution in [0.25, 0.3) is 0 Å². The molecule has 0 aliphatic carbocycles. The second-order valence-electron chi connectivity index (χ2n) is 5.25. The van der Waals surface area contributed by atoms with Gasteiger partial charge in [-0.3, -0.25) is 0 Å². The molecule has 3 heteroatoms. The van der Waals surface area contributed by atoms with E-state index in [1.54, 1.807) is 18.4 Å². The predicted octanol–water partition coefficient (Wildman–Crippen LogP) is 3.75. The van der Waals surface area contributed by atoms with Gasteiger partial charge in [0.25, 0.3) is 0 Å². The summed E-state index contributed by atoms with van der Waals surface area (Å²) in [7, 11) is -1.17. The monoisotopic (exact) mass is 236 g/mol. The van der Waals surface area contributed by atoms with Crippen LogP contribution < -0.4 is 0 Å². The SMILES string of the molecule is C=C=C(CC(O)c1ccco1)C[Si](C)(C)C. The van der Waals surface area contributed by atoms with E-state index in [1.807, 2.05) is 0 Å².